The second-order valence-electron chi connectivity index (χ2n) is 6.28. The predicted octanol–water partition coefficient (Wildman–Crippen LogP) is 2.82. The highest BCUT2D eigenvalue weighted by molar-refractivity contribution is 5.06. The summed E-state index contributed by atoms with van der Waals surface area (Å²) in [6.07, 6.45) is 0.689. The average molecular weight is 269 g/mol. The molecule has 1 rings (SSSR count). The molecule has 0 aliphatic heterocycles. The van der Waals surface area contributed by atoms with Crippen molar-refractivity contribution in [1.29, 1.82) is 0 Å². The molecule has 0 bridgehead atoms. The van der Waals surface area contributed by atoms with Gasteiger partial charge < -0.3 is 15.0 Å². The van der Waals surface area contributed by atoms with Crippen LogP contribution in [-0.4, -0.2) is 23.3 Å². The van der Waals surface area contributed by atoms with E-state index in [2.05, 4.69) is 37.8 Å². The van der Waals surface area contributed by atoms with Gasteiger partial charge in [0.25, 0.3) is 0 Å². The van der Waals surface area contributed by atoms with Crippen LogP contribution >= 0.6 is 0 Å². The molecule has 19 heavy (non-hydrogen) atoms. The second-order valence-corrected chi connectivity index (χ2v) is 6.28. The molecule has 0 aliphatic carbocycles. The summed E-state index contributed by atoms with van der Waals surface area (Å²) in [6.45, 7) is 13.5. The summed E-state index contributed by atoms with van der Waals surface area (Å²) < 4.78 is 11.2. The number of aromatic nitrogens is 2. The zero-order chi connectivity index (χ0) is 14.7. The maximum absolute atomic E-state index is 5.82. The number of rotatable bonds is 6. The molecule has 0 radical (unpaired) electrons. The van der Waals surface area contributed by atoms with Crippen molar-refractivity contribution in [2.75, 3.05) is 13.2 Å². The van der Waals surface area contributed by atoms with Crippen LogP contribution in [0, 0.1) is 5.41 Å². The van der Waals surface area contributed by atoms with E-state index in [4.69, 9.17) is 15.0 Å². The Morgan fingerprint density at radius 2 is 1.89 bits per heavy atom. The molecule has 0 fully saturated rings. The van der Waals surface area contributed by atoms with Gasteiger partial charge in [0.2, 0.25) is 11.7 Å². The summed E-state index contributed by atoms with van der Waals surface area (Å²) in [5, 5.41) is 4.10. The van der Waals surface area contributed by atoms with E-state index in [9.17, 15) is 0 Å². The molecular weight excluding hydrogens is 242 g/mol. The molecule has 5 heteroatoms. The fourth-order valence-corrected chi connectivity index (χ4v) is 1.85. The highest BCUT2D eigenvalue weighted by atomic mass is 16.5. The lowest BCUT2D eigenvalue weighted by Gasteiger charge is -2.27. The van der Waals surface area contributed by atoms with Crippen molar-refractivity contribution in [2.24, 2.45) is 11.1 Å². The number of ether oxygens (including phenoxy) is 1. The SMILES string of the molecule is CCOC(c1noc(C(C)(CC)CN)n1)C(C)(C)C. The maximum Gasteiger partial charge on any atom is 0.233 e. The lowest BCUT2D eigenvalue weighted by molar-refractivity contribution is -0.0203. The van der Waals surface area contributed by atoms with Crippen molar-refractivity contribution in [3.05, 3.63) is 11.7 Å². The highest BCUT2D eigenvalue weighted by Gasteiger charge is 2.35. The number of nitrogens with two attached hydrogens (primary N) is 1. The Morgan fingerprint density at radius 3 is 2.32 bits per heavy atom. The third-order valence-corrected chi connectivity index (χ3v) is 3.54. The van der Waals surface area contributed by atoms with Gasteiger partial charge in [0.15, 0.2) is 0 Å². The molecule has 110 valence electrons. The summed E-state index contributed by atoms with van der Waals surface area (Å²) in [5.41, 5.74) is 5.48. The van der Waals surface area contributed by atoms with Crippen LogP contribution in [0.1, 0.15) is 65.8 Å². The molecule has 2 N–H and O–H groups in total. The van der Waals surface area contributed by atoms with Crippen molar-refractivity contribution in [1.82, 2.24) is 10.1 Å². The van der Waals surface area contributed by atoms with E-state index in [1.165, 1.54) is 0 Å². The smallest absolute Gasteiger partial charge is 0.233 e. The fourth-order valence-electron chi connectivity index (χ4n) is 1.85. The van der Waals surface area contributed by atoms with E-state index in [-0.39, 0.29) is 16.9 Å². The minimum Gasteiger partial charge on any atom is -0.370 e. The third kappa shape index (κ3) is 3.54. The van der Waals surface area contributed by atoms with Gasteiger partial charge in [-0.1, -0.05) is 32.9 Å². The van der Waals surface area contributed by atoms with E-state index < -0.39 is 0 Å². The van der Waals surface area contributed by atoms with E-state index in [1.54, 1.807) is 0 Å². The Bertz CT molecular complexity index is 392. The maximum atomic E-state index is 5.82. The molecule has 2 unspecified atom stereocenters. The largest absolute Gasteiger partial charge is 0.370 e. The molecule has 0 aromatic carbocycles. The van der Waals surface area contributed by atoms with Crippen molar-refractivity contribution in [2.45, 2.75) is 59.5 Å². The van der Waals surface area contributed by atoms with Crippen LogP contribution in [0.4, 0.5) is 0 Å². The van der Waals surface area contributed by atoms with Crippen molar-refractivity contribution in [3.63, 3.8) is 0 Å². The summed E-state index contributed by atoms with van der Waals surface area (Å²) in [5.74, 6) is 1.21. The minimum atomic E-state index is -0.264. The second kappa shape index (κ2) is 6.01. The molecule has 0 amide bonds. The fraction of sp³-hybridized carbons (Fsp3) is 0.857. The zero-order valence-corrected chi connectivity index (χ0v) is 13.0. The van der Waals surface area contributed by atoms with Crippen LogP contribution in [0.15, 0.2) is 4.52 Å². The molecule has 2 atom stereocenters. The summed E-state index contributed by atoms with van der Waals surface area (Å²) in [7, 11) is 0. The number of nitrogens with zero attached hydrogens (tertiary/aromatic N) is 2. The van der Waals surface area contributed by atoms with Gasteiger partial charge in [0, 0.05) is 13.2 Å². The first-order valence-corrected chi connectivity index (χ1v) is 6.94. The Kier molecular flexibility index (Phi) is 5.10. The van der Waals surface area contributed by atoms with Gasteiger partial charge in [-0.05, 0) is 25.7 Å². The van der Waals surface area contributed by atoms with Crippen LogP contribution < -0.4 is 5.73 Å². The first-order chi connectivity index (χ1) is 8.78. The van der Waals surface area contributed by atoms with Gasteiger partial charge in [-0.3, -0.25) is 0 Å². The molecule has 0 spiro atoms. The van der Waals surface area contributed by atoms with Crippen LogP contribution in [0.2, 0.25) is 0 Å². The van der Waals surface area contributed by atoms with Crippen molar-refractivity contribution in [3.8, 4) is 0 Å². The Balaban J connectivity index is 3.06. The van der Waals surface area contributed by atoms with Crippen LogP contribution in [0.3, 0.4) is 0 Å². The quantitative estimate of drug-likeness (QED) is 0.859. The molecular formula is C14H27N3O2. The molecule has 0 saturated carbocycles. The predicted molar refractivity (Wildman–Crippen MR) is 74.8 cm³/mol. The average Bonchev–Trinajstić information content (AvgIpc) is 2.83. The van der Waals surface area contributed by atoms with E-state index in [1.807, 2.05) is 13.8 Å². The van der Waals surface area contributed by atoms with Crippen LogP contribution in [0.25, 0.3) is 0 Å². The number of hydrogen-bond donors (Lipinski definition) is 1. The summed E-state index contributed by atoms with van der Waals surface area (Å²) >= 11 is 0. The summed E-state index contributed by atoms with van der Waals surface area (Å²) in [6, 6.07) is 0. The van der Waals surface area contributed by atoms with E-state index in [0.29, 0.717) is 24.9 Å². The molecule has 5 nitrogen and oxygen atoms in total. The van der Waals surface area contributed by atoms with Gasteiger partial charge >= 0.3 is 0 Å². The topological polar surface area (TPSA) is 74.2 Å². The highest BCUT2D eigenvalue weighted by Crippen LogP contribution is 2.35. The van der Waals surface area contributed by atoms with E-state index in [0.717, 1.165) is 6.42 Å². The van der Waals surface area contributed by atoms with Crippen LogP contribution in [-0.2, 0) is 10.2 Å². The minimum absolute atomic E-state index is 0.0809. The first-order valence-electron chi connectivity index (χ1n) is 6.94. The zero-order valence-electron chi connectivity index (χ0n) is 13.0. The van der Waals surface area contributed by atoms with E-state index >= 15 is 0 Å². The molecule has 0 saturated heterocycles. The van der Waals surface area contributed by atoms with Gasteiger partial charge in [0.05, 0.1) is 5.41 Å². The third-order valence-electron chi connectivity index (χ3n) is 3.54. The first kappa shape index (κ1) is 16.1. The Hall–Kier alpha value is -0.940. The molecule has 1 aromatic rings. The van der Waals surface area contributed by atoms with Gasteiger partial charge in [-0.15, -0.1) is 0 Å². The normalized spacial score (nSPS) is 17.2. The Labute approximate surface area is 115 Å². The molecule has 0 aliphatic rings. The Morgan fingerprint density at radius 1 is 1.26 bits per heavy atom. The van der Waals surface area contributed by atoms with Crippen molar-refractivity contribution >= 4 is 0 Å². The lowest BCUT2D eigenvalue weighted by Crippen LogP contribution is -2.31. The standard InChI is InChI=1S/C14H27N3O2/c1-7-14(6,9-15)12-16-11(17-19-12)10(18-8-2)13(3,4)5/h10H,7-9,15H2,1-6H3. The van der Waals surface area contributed by atoms with Gasteiger partial charge in [-0.25, -0.2) is 0 Å². The monoisotopic (exact) mass is 269 g/mol. The summed E-state index contributed by atoms with van der Waals surface area (Å²) in [4.78, 5) is 4.53. The molecule has 1 heterocycles. The number of hydrogen-bond acceptors (Lipinski definition) is 5. The van der Waals surface area contributed by atoms with Gasteiger partial charge in [0.1, 0.15) is 6.10 Å². The van der Waals surface area contributed by atoms with Crippen LogP contribution in [0.5, 0.6) is 0 Å². The lowest BCUT2D eigenvalue weighted by atomic mass is 9.87. The van der Waals surface area contributed by atoms with Gasteiger partial charge in [-0.2, -0.15) is 4.98 Å². The molecule has 1 aromatic heterocycles. The van der Waals surface area contributed by atoms with Crippen molar-refractivity contribution < 1.29 is 9.26 Å².